The van der Waals surface area contributed by atoms with E-state index >= 15 is 0 Å². The summed E-state index contributed by atoms with van der Waals surface area (Å²) in [6, 6.07) is 7.40. The van der Waals surface area contributed by atoms with Gasteiger partial charge in [-0.15, -0.1) is 0 Å². The summed E-state index contributed by atoms with van der Waals surface area (Å²) in [5, 5.41) is 6.85. The average molecular weight is 274 g/mol. The molecule has 1 unspecified atom stereocenters. The highest BCUT2D eigenvalue weighted by Gasteiger charge is 2.17. The maximum Gasteiger partial charge on any atom is 0.272 e. The van der Waals surface area contributed by atoms with Gasteiger partial charge in [0.2, 0.25) is 0 Å². The summed E-state index contributed by atoms with van der Waals surface area (Å²) >= 11 is 0. The van der Waals surface area contributed by atoms with Crippen molar-refractivity contribution in [3.63, 3.8) is 0 Å². The first-order valence-electron chi connectivity index (χ1n) is 6.25. The van der Waals surface area contributed by atoms with Gasteiger partial charge in [0.25, 0.3) is 5.91 Å². The molecule has 0 aliphatic heterocycles. The summed E-state index contributed by atoms with van der Waals surface area (Å²) in [7, 11) is 3.29. The van der Waals surface area contributed by atoms with E-state index in [4.69, 9.17) is 10.5 Å². The predicted molar refractivity (Wildman–Crippen MR) is 76.5 cm³/mol. The van der Waals surface area contributed by atoms with Crippen molar-refractivity contribution < 1.29 is 9.53 Å². The highest BCUT2D eigenvalue weighted by atomic mass is 16.5. The molecule has 0 saturated heterocycles. The molecule has 20 heavy (non-hydrogen) atoms. The number of aromatic nitrogens is 2. The summed E-state index contributed by atoms with van der Waals surface area (Å²) < 4.78 is 6.63. The number of nitrogens with two attached hydrogens (primary N) is 1. The second kappa shape index (κ2) is 5.64. The van der Waals surface area contributed by atoms with E-state index in [2.05, 4.69) is 10.4 Å². The van der Waals surface area contributed by atoms with Crippen molar-refractivity contribution in [1.29, 1.82) is 0 Å². The van der Waals surface area contributed by atoms with E-state index in [1.165, 1.54) is 10.9 Å². The van der Waals surface area contributed by atoms with Crippen LogP contribution in [0.5, 0.6) is 5.75 Å². The number of nitrogens with zero attached hydrogens (tertiary/aromatic N) is 2. The zero-order valence-electron chi connectivity index (χ0n) is 11.8. The minimum Gasteiger partial charge on any atom is -0.497 e. The van der Waals surface area contributed by atoms with Crippen LogP contribution < -0.4 is 15.8 Å². The van der Waals surface area contributed by atoms with Gasteiger partial charge in [0.15, 0.2) is 0 Å². The third-order valence-corrected chi connectivity index (χ3v) is 3.12. The molecule has 0 spiro atoms. The van der Waals surface area contributed by atoms with Crippen LogP contribution in [0, 0.1) is 0 Å². The predicted octanol–water partition coefficient (Wildman–Crippen LogP) is 1.50. The molecular weight excluding hydrogens is 256 g/mol. The first-order chi connectivity index (χ1) is 9.52. The van der Waals surface area contributed by atoms with Crippen LogP contribution in [-0.4, -0.2) is 22.8 Å². The van der Waals surface area contributed by atoms with Crippen molar-refractivity contribution in [2.45, 2.75) is 13.0 Å². The van der Waals surface area contributed by atoms with E-state index in [0.717, 1.165) is 11.3 Å². The van der Waals surface area contributed by atoms with E-state index in [1.807, 2.05) is 31.2 Å². The maximum absolute atomic E-state index is 12.2. The van der Waals surface area contributed by atoms with Crippen LogP contribution >= 0.6 is 0 Å². The molecule has 6 heteroatoms. The number of ether oxygens (including phenoxy) is 1. The molecule has 2 rings (SSSR count). The summed E-state index contributed by atoms with van der Waals surface area (Å²) in [4.78, 5) is 12.2. The fraction of sp³-hybridized carbons (Fsp3) is 0.286. The van der Waals surface area contributed by atoms with E-state index < -0.39 is 0 Å². The van der Waals surface area contributed by atoms with Crippen LogP contribution in [0.3, 0.4) is 0 Å². The van der Waals surface area contributed by atoms with Crippen molar-refractivity contribution >= 4 is 11.6 Å². The molecule has 0 radical (unpaired) electrons. The smallest absolute Gasteiger partial charge is 0.272 e. The Morgan fingerprint density at radius 1 is 1.50 bits per heavy atom. The largest absolute Gasteiger partial charge is 0.497 e. The van der Waals surface area contributed by atoms with Crippen LogP contribution in [-0.2, 0) is 7.05 Å². The standard InChI is InChI=1S/C14H18N4O2/c1-9(10-5-4-6-11(7-10)20-3)17-14(19)13-12(15)8-16-18(13)2/h4-9H,15H2,1-3H3,(H,17,19). The van der Waals surface area contributed by atoms with Crippen molar-refractivity contribution in [2.24, 2.45) is 7.05 Å². The highest BCUT2D eigenvalue weighted by molar-refractivity contribution is 5.97. The molecule has 1 aromatic carbocycles. The molecule has 106 valence electrons. The minimum absolute atomic E-state index is 0.160. The number of aryl methyl sites for hydroxylation is 1. The highest BCUT2D eigenvalue weighted by Crippen LogP contribution is 2.19. The Morgan fingerprint density at radius 3 is 2.85 bits per heavy atom. The molecule has 1 atom stereocenters. The SMILES string of the molecule is COc1cccc(C(C)NC(=O)c2c(N)cnn2C)c1. The van der Waals surface area contributed by atoms with Crippen LogP contribution in [0.2, 0.25) is 0 Å². The molecule has 0 fully saturated rings. The number of carbonyl (C=O) groups is 1. The monoisotopic (exact) mass is 274 g/mol. The van der Waals surface area contributed by atoms with Crippen molar-refractivity contribution in [2.75, 3.05) is 12.8 Å². The Morgan fingerprint density at radius 2 is 2.25 bits per heavy atom. The number of anilines is 1. The lowest BCUT2D eigenvalue weighted by Gasteiger charge is -2.15. The molecular formula is C14H18N4O2. The lowest BCUT2D eigenvalue weighted by Crippen LogP contribution is -2.29. The van der Waals surface area contributed by atoms with Gasteiger partial charge in [0, 0.05) is 7.05 Å². The van der Waals surface area contributed by atoms with Gasteiger partial charge in [0.05, 0.1) is 25.0 Å². The molecule has 1 amide bonds. The topological polar surface area (TPSA) is 82.2 Å². The number of hydrogen-bond acceptors (Lipinski definition) is 4. The zero-order chi connectivity index (χ0) is 14.7. The van der Waals surface area contributed by atoms with Crippen molar-refractivity contribution in [1.82, 2.24) is 15.1 Å². The molecule has 2 aromatic rings. The number of nitrogen functional groups attached to an aromatic ring is 1. The Hall–Kier alpha value is -2.50. The van der Waals surface area contributed by atoms with Gasteiger partial charge in [-0.05, 0) is 24.6 Å². The molecule has 6 nitrogen and oxygen atoms in total. The average Bonchev–Trinajstić information content (AvgIpc) is 2.78. The zero-order valence-corrected chi connectivity index (χ0v) is 11.8. The molecule has 3 N–H and O–H groups in total. The normalized spacial score (nSPS) is 11.9. The lowest BCUT2D eigenvalue weighted by molar-refractivity contribution is 0.0931. The van der Waals surface area contributed by atoms with Gasteiger partial charge in [-0.25, -0.2) is 0 Å². The van der Waals surface area contributed by atoms with Crippen LogP contribution in [0.4, 0.5) is 5.69 Å². The molecule has 0 aliphatic carbocycles. The number of rotatable bonds is 4. The van der Waals surface area contributed by atoms with Crippen molar-refractivity contribution in [3.8, 4) is 5.75 Å². The Kier molecular flexibility index (Phi) is 3.93. The van der Waals surface area contributed by atoms with Crippen LogP contribution in [0.25, 0.3) is 0 Å². The fourth-order valence-corrected chi connectivity index (χ4v) is 1.99. The third kappa shape index (κ3) is 2.74. The minimum atomic E-state index is -0.252. The number of hydrogen-bond donors (Lipinski definition) is 2. The Balaban J connectivity index is 2.15. The summed E-state index contributed by atoms with van der Waals surface area (Å²) in [6.45, 7) is 1.90. The van der Waals surface area contributed by atoms with Gasteiger partial charge in [0.1, 0.15) is 11.4 Å². The Bertz CT molecular complexity index is 602. The summed E-state index contributed by atoms with van der Waals surface area (Å²) in [5.74, 6) is 0.501. The lowest BCUT2D eigenvalue weighted by atomic mass is 10.1. The maximum atomic E-state index is 12.2. The number of benzene rings is 1. The van der Waals surface area contributed by atoms with Gasteiger partial charge < -0.3 is 15.8 Å². The van der Waals surface area contributed by atoms with E-state index in [-0.39, 0.29) is 11.9 Å². The number of methoxy groups -OCH3 is 1. The molecule has 0 saturated carbocycles. The molecule has 1 heterocycles. The second-order valence-corrected chi connectivity index (χ2v) is 4.54. The van der Waals surface area contributed by atoms with Gasteiger partial charge in [-0.3, -0.25) is 9.48 Å². The third-order valence-electron chi connectivity index (χ3n) is 3.12. The fourth-order valence-electron chi connectivity index (χ4n) is 1.99. The van der Waals surface area contributed by atoms with E-state index in [0.29, 0.717) is 11.4 Å². The first-order valence-corrected chi connectivity index (χ1v) is 6.25. The summed E-state index contributed by atoms with van der Waals surface area (Å²) in [6.07, 6.45) is 1.46. The second-order valence-electron chi connectivity index (χ2n) is 4.54. The molecule has 0 bridgehead atoms. The Labute approximate surface area is 117 Å². The quantitative estimate of drug-likeness (QED) is 0.885. The van der Waals surface area contributed by atoms with Gasteiger partial charge in [-0.2, -0.15) is 5.10 Å². The van der Waals surface area contributed by atoms with Gasteiger partial charge in [-0.1, -0.05) is 12.1 Å². The van der Waals surface area contributed by atoms with Crippen LogP contribution in [0.1, 0.15) is 29.0 Å². The summed E-state index contributed by atoms with van der Waals surface area (Å²) in [5.41, 5.74) is 7.42. The van der Waals surface area contributed by atoms with E-state index in [1.54, 1.807) is 14.2 Å². The van der Waals surface area contributed by atoms with Gasteiger partial charge >= 0.3 is 0 Å². The van der Waals surface area contributed by atoms with Crippen molar-refractivity contribution in [3.05, 3.63) is 41.7 Å². The number of amides is 1. The molecule has 0 aliphatic rings. The van der Waals surface area contributed by atoms with Crippen LogP contribution in [0.15, 0.2) is 30.5 Å². The van der Waals surface area contributed by atoms with E-state index in [9.17, 15) is 4.79 Å². The number of nitrogens with one attached hydrogen (secondary N) is 1. The first kappa shape index (κ1) is 13.9. The number of carbonyl (C=O) groups excluding carboxylic acids is 1. The molecule has 1 aromatic heterocycles.